The maximum absolute atomic E-state index is 14.0. The van der Waals surface area contributed by atoms with E-state index in [0.717, 1.165) is 0 Å². The number of fused-ring (bicyclic) bond motifs is 1. The number of hydrogen-bond donors (Lipinski definition) is 2. The summed E-state index contributed by atoms with van der Waals surface area (Å²) in [5.74, 6) is -4.01. The summed E-state index contributed by atoms with van der Waals surface area (Å²) in [6.45, 7) is 5.28. The minimum Gasteiger partial charge on any atom is -0.481 e. The standard InChI is InChI=1S/C23H27ClN2O6/c1-3-11-25(15-8-6-5-7-14(15)24)20(29)18-23-10-9-22(4-2,32-23)17(21(30)31)16(23)19(28)26(18)12-13-27/h3,5-8,16-18,27H,1,4,9-13H2,2H3,(H,30,31)/t16-,17+,18?,22-,23?/m0/s1. The van der Waals surface area contributed by atoms with Crippen LogP contribution < -0.4 is 4.90 Å². The average Bonchev–Trinajstić information content (AvgIpc) is 3.37. The molecule has 3 fully saturated rings. The van der Waals surface area contributed by atoms with Crippen molar-refractivity contribution < 1.29 is 29.3 Å². The van der Waals surface area contributed by atoms with Gasteiger partial charge >= 0.3 is 5.97 Å². The molecule has 4 rings (SSSR count). The highest BCUT2D eigenvalue weighted by atomic mass is 35.5. The van der Waals surface area contributed by atoms with Gasteiger partial charge in [0.2, 0.25) is 5.91 Å². The molecular weight excluding hydrogens is 436 g/mol. The number of carbonyl (C=O) groups is 3. The highest BCUT2D eigenvalue weighted by Gasteiger charge is 2.79. The van der Waals surface area contributed by atoms with E-state index in [1.807, 2.05) is 6.92 Å². The minimum atomic E-state index is -1.26. The molecule has 3 saturated heterocycles. The second-order valence-corrected chi connectivity index (χ2v) is 9.02. The van der Waals surface area contributed by atoms with Gasteiger partial charge in [-0.15, -0.1) is 6.58 Å². The van der Waals surface area contributed by atoms with E-state index in [1.54, 1.807) is 30.3 Å². The summed E-state index contributed by atoms with van der Waals surface area (Å²) in [5, 5.41) is 20.0. The number of halogens is 1. The Labute approximate surface area is 191 Å². The van der Waals surface area contributed by atoms with Crippen LogP contribution >= 0.6 is 11.6 Å². The number of amides is 2. The van der Waals surface area contributed by atoms with Crippen LogP contribution in [0.4, 0.5) is 5.69 Å². The van der Waals surface area contributed by atoms with Crippen molar-refractivity contribution in [1.29, 1.82) is 0 Å². The molecule has 2 unspecified atom stereocenters. The molecule has 0 saturated carbocycles. The molecule has 32 heavy (non-hydrogen) atoms. The molecule has 0 radical (unpaired) electrons. The van der Waals surface area contributed by atoms with Crippen LogP contribution in [0, 0.1) is 11.8 Å². The lowest BCUT2D eigenvalue weighted by Gasteiger charge is -2.36. The molecule has 3 aliphatic heterocycles. The summed E-state index contributed by atoms with van der Waals surface area (Å²) in [6.07, 6.45) is 2.83. The first kappa shape index (κ1) is 22.8. The monoisotopic (exact) mass is 462 g/mol. The number of carboxylic acids is 1. The SMILES string of the molecule is C=CCN(C(=O)C1N(CCO)C(=O)[C@@H]2[C@H](C(=O)O)[C@]3(CC)CCC12O3)c1ccccc1Cl. The summed E-state index contributed by atoms with van der Waals surface area (Å²) in [5.41, 5.74) is -1.78. The van der Waals surface area contributed by atoms with Gasteiger partial charge in [0.05, 0.1) is 28.8 Å². The predicted octanol–water partition coefficient (Wildman–Crippen LogP) is 2.09. The van der Waals surface area contributed by atoms with Gasteiger partial charge in [-0.25, -0.2) is 0 Å². The fourth-order valence-corrected chi connectivity index (χ4v) is 6.21. The zero-order valence-corrected chi connectivity index (χ0v) is 18.6. The van der Waals surface area contributed by atoms with Crippen LogP contribution in [0.25, 0.3) is 0 Å². The average molecular weight is 463 g/mol. The van der Waals surface area contributed by atoms with Crippen molar-refractivity contribution in [2.75, 3.05) is 24.6 Å². The summed E-state index contributed by atoms with van der Waals surface area (Å²) in [4.78, 5) is 42.5. The number of para-hydroxylation sites is 1. The number of aliphatic hydroxyl groups is 1. The molecule has 3 aliphatic rings. The van der Waals surface area contributed by atoms with Gasteiger partial charge in [0.15, 0.2) is 0 Å². The van der Waals surface area contributed by atoms with Crippen molar-refractivity contribution in [1.82, 2.24) is 4.90 Å². The van der Waals surface area contributed by atoms with Gasteiger partial charge in [-0.3, -0.25) is 14.4 Å². The van der Waals surface area contributed by atoms with Crippen molar-refractivity contribution in [3.63, 3.8) is 0 Å². The van der Waals surface area contributed by atoms with E-state index in [2.05, 4.69) is 6.58 Å². The van der Waals surface area contributed by atoms with Crippen molar-refractivity contribution in [2.45, 2.75) is 43.4 Å². The third kappa shape index (κ3) is 3.00. The summed E-state index contributed by atoms with van der Waals surface area (Å²) >= 11 is 6.37. The smallest absolute Gasteiger partial charge is 0.310 e. The van der Waals surface area contributed by atoms with Gasteiger partial charge in [-0.1, -0.05) is 36.7 Å². The zero-order valence-electron chi connectivity index (χ0n) is 17.9. The van der Waals surface area contributed by atoms with Crippen LogP contribution in [0.5, 0.6) is 0 Å². The lowest BCUT2D eigenvalue weighted by molar-refractivity contribution is -0.155. The maximum atomic E-state index is 14.0. The van der Waals surface area contributed by atoms with Gasteiger partial charge in [0.1, 0.15) is 17.6 Å². The Bertz CT molecular complexity index is 970. The molecule has 172 valence electrons. The Morgan fingerprint density at radius 1 is 1.38 bits per heavy atom. The molecule has 2 bridgehead atoms. The number of aliphatic carboxylic acids is 1. The lowest BCUT2D eigenvalue weighted by atomic mass is 9.65. The van der Waals surface area contributed by atoms with Crippen molar-refractivity contribution >= 4 is 35.1 Å². The minimum absolute atomic E-state index is 0.0905. The van der Waals surface area contributed by atoms with Gasteiger partial charge in [0, 0.05) is 13.1 Å². The number of nitrogens with zero attached hydrogens (tertiary/aromatic N) is 2. The van der Waals surface area contributed by atoms with E-state index < -0.39 is 46.9 Å². The number of likely N-dealkylation sites (tertiary alicyclic amines) is 1. The fraction of sp³-hybridized carbons (Fsp3) is 0.522. The first-order chi connectivity index (χ1) is 15.3. The van der Waals surface area contributed by atoms with E-state index >= 15 is 0 Å². The summed E-state index contributed by atoms with van der Waals surface area (Å²) < 4.78 is 6.44. The van der Waals surface area contributed by atoms with E-state index in [4.69, 9.17) is 16.3 Å². The number of benzene rings is 1. The van der Waals surface area contributed by atoms with Crippen LogP contribution in [0.2, 0.25) is 5.02 Å². The number of ether oxygens (including phenoxy) is 1. The third-order valence-electron chi connectivity index (χ3n) is 7.24. The van der Waals surface area contributed by atoms with Crippen molar-refractivity contribution in [3.8, 4) is 0 Å². The van der Waals surface area contributed by atoms with Crippen LogP contribution in [0.3, 0.4) is 0 Å². The fourth-order valence-electron chi connectivity index (χ4n) is 5.98. The number of carboxylic acid groups (broad SMARTS) is 1. The van der Waals surface area contributed by atoms with Crippen molar-refractivity contribution in [3.05, 3.63) is 41.9 Å². The zero-order chi connectivity index (χ0) is 23.3. The van der Waals surface area contributed by atoms with Gasteiger partial charge in [0.25, 0.3) is 5.91 Å². The molecule has 5 atom stereocenters. The van der Waals surface area contributed by atoms with E-state index in [9.17, 15) is 24.6 Å². The highest BCUT2D eigenvalue weighted by molar-refractivity contribution is 6.34. The molecule has 1 aromatic rings. The first-order valence-corrected chi connectivity index (χ1v) is 11.2. The number of anilines is 1. The Morgan fingerprint density at radius 3 is 2.69 bits per heavy atom. The second kappa shape index (κ2) is 8.17. The number of aliphatic hydroxyl groups excluding tert-OH is 1. The molecule has 9 heteroatoms. The Kier molecular flexibility index (Phi) is 5.81. The normalized spacial score (nSPS) is 32.8. The Hall–Kier alpha value is -2.42. The van der Waals surface area contributed by atoms with E-state index in [1.165, 1.54) is 9.80 Å². The molecule has 1 aromatic carbocycles. The second-order valence-electron chi connectivity index (χ2n) is 8.62. The molecule has 2 amide bonds. The first-order valence-electron chi connectivity index (χ1n) is 10.8. The third-order valence-corrected chi connectivity index (χ3v) is 7.56. The molecule has 0 aromatic heterocycles. The Balaban J connectivity index is 1.83. The van der Waals surface area contributed by atoms with Crippen LogP contribution in [-0.2, 0) is 19.1 Å². The predicted molar refractivity (Wildman–Crippen MR) is 117 cm³/mol. The Morgan fingerprint density at radius 2 is 2.09 bits per heavy atom. The van der Waals surface area contributed by atoms with Gasteiger partial charge in [-0.2, -0.15) is 0 Å². The molecular formula is C23H27ClN2O6. The summed E-state index contributed by atoms with van der Waals surface area (Å²) in [6, 6.07) is 5.80. The molecule has 3 heterocycles. The molecule has 1 spiro atoms. The van der Waals surface area contributed by atoms with Gasteiger partial charge < -0.3 is 24.7 Å². The number of β-amino-alcohol motifs (C(OH)–C–C–N with tert-alkyl or cyclic N) is 1. The molecule has 2 N–H and O–H groups in total. The quantitative estimate of drug-likeness (QED) is 0.573. The van der Waals surface area contributed by atoms with E-state index in [0.29, 0.717) is 30.0 Å². The number of rotatable bonds is 8. The summed E-state index contributed by atoms with van der Waals surface area (Å²) in [7, 11) is 0. The molecule has 0 aliphatic carbocycles. The highest BCUT2D eigenvalue weighted by Crippen LogP contribution is 2.64. The van der Waals surface area contributed by atoms with Crippen molar-refractivity contribution in [2.24, 2.45) is 11.8 Å². The maximum Gasteiger partial charge on any atom is 0.310 e. The number of carbonyl (C=O) groups excluding carboxylic acids is 2. The van der Waals surface area contributed by atoms with Crippen LogP contribution in [-0.4, -0.2) is 69.8 Å². The van der Waals surface area contributed by atoms with Gasteiger partial charge in [-0.05, 0) is 31.4 Å². The lowest BCUT2D eigenvalue weighted by Crippen LogP contribution is -2.57. The largest absolute Gasteiger partial charge is 0.481 e. The van der Waals surface area contributed by atoms with E-state index in [-0.39, 0.29) is 19.7 Å². The van der Waals surface area contributed by atoms with Crippen LogP contribution in [0.15, 0.2) is 36.9 Å². The number of hydrogen-bond acceptors (Lipinski definition) is 5. The van der Waals surface area contributed by atoms with Crippen LogP contribution in [0.1, 0.15) is 26.2 Å². The topological polar surface area (TPSA) is 107 Å². The molecule has 8 nitrogen and oxygen atoms in total.